The fourth-order valence-corrected chi connectivity index (χ4v) is 11.8. The Labute approximate surface area is 515 Å². The van der Waals surface area contributed by atoms with Gasteiger partial charge in [0.25, 0.3) is 0 Å². The zero-order valence-corrected chi connectivity index (χ0v) is 52.2. The second-order valence-electron chi connectivity index (χ2n) is 24.5. The largest absolute Gasteiger partial charge is 0.456 e. The van der Waals surface area contributed by atoms with Crippen molar-refractivity contribution in [2.45, 2.75) is 318 Å². The number of esters is 4. The van der Waals surface area contributed by atoms with E-state index in [4.69, 9.17) is 66.3 Å². The zero-order chi connectivity index (χ0) is 63.9. The number of ether oxygens (including phenoxy) is 14. The van der Waals surface area contributed by atoms with E-state index in [1.165, 1.54) is 33.8 Å². The van der Waals surface area contributed by atoms with E-state index in [1.807, 2.05) is 0 Å². The van der Waals surface area contributed by atoms with Gasteiger partial charge in [0.05, 0.1) is 42.5 Å². The van der Waals surface area contributed by atoms with Crippen LogP contribution in [0.4, 0.5) is 0 Å². The van der Waals surface area contributed by atoms with E-state index < -0.39 is 183 Å². The lowest BCUT2D eigenvalue weighted by Gasteiger charge is -2.51. The van der Waals surface area contributed by atoms with Gasteiger partial charge in [-0.15, -0.1) is 0 Å². The van der Waals surface area contributed by atoms with Gasteiger partial charge < -0.3 is 102 Å². The van der Waals surface area contributed by atoms with E-state index in [0.29, 0.717) is 24.8 Å². The number of carbonyl (C=O) groups excluding carboxylic acids is 4. The Morgan fingerprint density at radius 1 is 0.534 bits per heavy atom. The van der Waals surface area contributed by atoms with Gasteiger partial charge in [-0.25, -0.2) is 4.79 Å². The highest BCUT2D eigenvalue weighted by molar-refractivity contribution is 5.87. The molecule has 0 aromatic heterocycles. The number of aliphatic hydroxyl groups excluding tert-OH is 7. The highest BCUT2D eigenvalue weighted by Crippen LogP contribution is 2.40. The lowest BCUT2D eigenvalue weighted by Crippen LogP contribution is -2.68. The SMILES string of the molecule is CCCCCC1CCCCCCCCCC(=O)OC2C(O)C(OC(C)C2OC2OC(C)C(OC3OC(C)C(OC(=O)C(C)C)C(OC(=O)C=Cc4ccccc4)C3O)C(OC3OC(C)C(O)C(O)C3O)C2OC(=O)CCC)OC2C(O1)OC(C)C(O)C2O. The Bertz CT molecular complexity index is 2330. The van der Waals surface area contributed by atoms with Crippen molar-refractivity contribution in [2.75, 3.05) is 0 Å². The molecule has 6 aliphatic rings. The first kappa shape index (κ1) is 71.6. The molecule has 500 valence electrons. The predicted octanol–water partition coefficient (Wildman–Crippen LogP) is 4.08. The summed E-state index contributed by atoms with van der Waals surface area (Å²) < 4.78 is 88.4. The Morgan fingerprint density at radius 2 is 1.12 bits per heavy atom. The Hall–Kier alpha value is -3.84. The summed E-state index contributed by atoms with van der Waals surface area (Å²) in [5.74, 6) is -3.78. The molecule has 88 heavy (non-hydrogen) atoms. The smallest absolute Gasteiger partial charge is 0.331 e. The maximum absolute atomic E-state index is 14.0. The lowest BCUT2D eigenvalue weighted by molar-refractivity contribution is -0.399. The number of benzene rings is 1. The van der Waals surface area contributed by atoms with Crippen LogP contribution >= 0.6 is 0 Å². The van der Waals surface area contributed by atoms with Crippen molar-refractivity contribution >= 4 is 30.0 Å². The second kappa shape index (κ2) is 34.2. The van der Waals surface area contributed by atoms with Crippen molar-refractivity contribution in [3.63, 3.8) is 0 Å². The maximum Gasteiger partial charge on any atom is 0.331 e. The molecule has 6 heterocycles. The van der Waals surface area contributed by atoms with Gasteiger partial charge in [0.2, 0.25) is 0 Å². The van der Waals surface area contributed by atoms with Gasteiger partial charge in [0.1, 0.15) is 67.1 Å². The van der Waals surface area contributed by atoms with Crippen molar-refractivity contribution in [1.82, 2.24) is 0 Å². The van der Waals surface area contributed by atoms with Crippen LogP contribution in [0.3, 0.4) is 0 Å². The first-order valence-electron chi connectivity index (χ1n) is 31.9. The molecule has 2 bridgehead atoms. The zero-order valence-electron chi connectivity index (χ0n) is 52.2. The van der Waals surface area contributed by atoms with Crippen molar-refractivity contribution in [3.8, 4) is 0 Å². The second-order valence-corrected chi connectivity index (χ2v) is 24.5. The van der Waals surface area contributed by atoms with E-state index in [1.54, 1.807) is 58.0 Å². The lowest BCUT2D eigenvalue weighted by atomic mass is 9.95. The van der Waals surface area contributed by atoms with Crippen LogP contribution in [-0.4, -0.2) is 219 Å². The Morgan fingerprint density at radius 3 is 1.82 bits per heavy atom. The summed E-state index contributed by atoms with van der Waals surface area (Å²) in [5.41, 5.74) is 0.660. The van der Waals surface area contributed by atoms with Crippen LogP contribution in [0.25, 0.3) is 6.08 Å². The molecular formula is C63H98O25. The minimum absolute atomic E-state index is 0.0454. The third-order valence-electron chi connectivity index (χ3n) is 17.0. The average molecular weight is 1260 g/mol. The summed E-state index contributed by atoms with van der Waals surface area (Å²) in [7, 11) is 0. The summed E-state index contributed by atoms with van der Waals surface area (Å²) in [5, 5.41) is 80.9. The van der Waals surface area contributed by atoms with Crippen LogP contribution in [0.2, 0.25) is 0 Å². The molecule has 1 aromatic carbocycles. The topological polar surface area (TPSA) is 339 Å². The standard InChI is InChI=1S/C63H98O25/c1-10-12-19-27-39-28-22-16-14-13-15-17-23-29-41(65)81-54-49(73)61(87-55-46(70)44(68)34(6)76-62(55)80-39)78-36(8)51(54)86-63-57(83-40(64)24-11-2)56(88-59-47(71)45(69)43(67)33(5)75-59)52(37(9)79-63)85-60-48(72)53(50(35(7)77-60)84-58(74)32(3)4)82-42(66)31-30-38-25-20-18-21-26-38/h18,20-21,25-26,30-37,39,43-57,59-63,67-73H,10-17,19,22-24,27-29H2,1-9H3. The molecule has 25 heteroatoms. The minimum Gasteiger partial charge on any atom is -0.456 e. The van der Waals surface area contributed by atoms with Crippen molar-refractivity contribution in [2.24, 2.45) is 5.92 Å². The van der Waals surface area contributed by atoms with Crippen LogP contribution in [0.15, 0.2) is 36.4 Å². The molecule has 1 aromatic rings. The van der Waals surface area contributed by atoms with Gasteiger partial charge in [-0.05, 0) is 71.9 Å². The Balaban J connectivity index is 1.24. The van der Waals surface area contributed by atoms with Crippen LogP contribution in [0.5, 0.6) is 0 Å². The van der Waals surface area contributed by atoms with E-state index in [-0.39, 0.29) is 25.4 Å². The molecule has 6 fully saturated rings. The van der Waals surface area contributed by atoms with E-state index >= 15 is 0 Å². The average Bonchev–Trinajstić information content (AvgIpc) is 1.79. The molecule has 7 N–H and O–H groups in total. The van der Waals surface area contributed by atoms with Gasteiger partial charge in [-0.1, -0.05) is 116 Å². The quantitative estimate of drug-likeness (QED) is 0.0471. The van der Waals surface area contributed by atoms with Crippen molar-refractivity contribution < 1.29 is 121 Å². The van der Waals surface area contributed by atoms with Crippen LogP contribution < -0.4 is 0 Å². The van der Waals surface area contributed by atoms with Gasteiger partial charge in [0, 0.05) is 18.9 Å². The first-order chi connectivity index (χ1) is 42.0. The fraction of sp³-hybridized carbons (Fsp3) is 0.810. The van der Waals surface area contributed by atoms with E-state index in [0.717, 1.165) is 63.9 Å². The third kappa shape index (κ3) is 18.9. The molecule has 26 atom stereocenters. The monoisotopic (exact) mass is 1250 g/mol. The number of fused-ring (bicyclic) bond motifs is 3. The van der Waals surface area contributed by atoms with Crippen LogP contribution in [0, 0.1) is 5.92 Å². The molecule has 26 unspecified atom stereocenters. The summed E-state index contributed by atoms with van der Waals surface area (Å²) in [4.78, 5) is 54.7. The molecule has 0 amide bonds. The highest BCUT2D eigenvalue weighted by Gasteiger charge is 2.59. The van der Waals surface area contributed by atoms with Gasteiger partial charge >= 0.3 is 23.9 Å². The minimum atomic E-state index is -1.94. The summed E-state index contributed by atoms with van der Waals surface area (Å²) in [6.45, 7) is 14.6. The molecule has 0 radical (unpaired) electrons. The molecule has 6 saturated heterocycles. The number of carbonyl (C=O) groups is 4. The summed E-state index contributed by atoms with van der Waals surface area (Å²) in [6, 6.07) is 8.85. The summed E-state index contributed by atoms with van der Waals surface area (Å²) >= 11 is 0. The number of hydrogen-bond donors (Lipinski definition) is 7. The van der Waals surface area contributed by atoms with Crippen LogP contribution in [-0.2, 0) is 85.5 Å². The first-order valence-corrected chi connectivity index (χ1v) is 31.9. The molecule has 6 aliphatic heterocycles. The van der Waals surface area contributed by atoms with E-state index in [2.05, 4.69) is 6.92 Å². The van der Waals surface area contributed by atoms with Crippen LogP contribution in [0.1, 0.15) is 164 Å². The molecule has 25 nitrogen and oxygen atoms in total. The van der Waals surface area contributed by atoms with Crippen molar-refractivity contribution in [3.05, 3.63) is 42.0 Å². The summed E-state index contributed by atoms with van der Waals surface area (Å²) in [6.07, 6.45) is -26.4. The van der Waals surface area contributed by atoms with E-state index in [9.17, 15) is 54.9 Å². The highest BCUT2D eigenvalue weighted by atomic mass is 16.8. The maximum atomic E-state index is 14.0. The molecule has 0 spiro atoms. The normalized spacial score (nSPS) is 40.9. The van der Waals surface area contributed by atoms with Gasteiger partial charge in [-0.3, -0.25) is 14.4 Å². The number of unbranched alkanes of at least 4 members (excludes halogenated alkanes) is 2. The molecular weight excluding hydrogens is 1160 g/mol. The number of hydrogen-bond acceptors (Lipinski definition) is 25. The molecule has 0 aliphatic carbocycles. The number of rotatable bonds is 18. The van der Waals surface area contributed by atoms with Crippen molar-refractivity contribution in [1.29, 1.82) is 0 Å². The Kier molecular flexibility index (Phi) is 27.8. The molecule has 0 saturated carbocycles. The third-order valence-corrected chi connectivity index (χ3v) is 17.0. The number of aliphatic hydroxyl groups is 7. The predicted molar refractivity (Wildman–Crippen MR) is 309 cm³/mol. The molecule has 7 rings (SSSR count). The van der Waals surface area contributed by atoms with Gasteiger partial charge in [-0.2, -0.15) is 0 Å². The fourth-order valence-electron chi connectivity index (χ4n) is 11.8. The van der Waals surface area contributed by atoms with Gasteiger partial charge in [0.15, 0.2) is 55.9 Å².